The van der Waals surface area contributed by atoms with E-state index in [2.05, 4.69) is 30.3 Å². The zero-order chi connectivity index (χ0) is 13.1. The lowest BCUT2D eigenvalue weighted by Gasteiger charge is -2.31. The van der Waals surface area contributed by atoms with Crippen LogP contribution in [0.4, 0.5) is 0 Å². The predicted molar refractivity (Wildman–Crippen MR) is 70.2 cm³/mol. The fraction of sp³-hybridized carbons (Fsp3) is 0.692. The molecule has 1 aromatic heterocycles. The van der Waals surface area contributed by atoms with E-state index >= 15 is 0 Å². The van der Waals surface area contributed by atoms with E-state index in [9.17, 15) is 4.79 Å². The third-order valence-corrected chi connectivity index (χ3v) is 3.44. The highest BCUT2D eigenvalue weighted by Gasteiger charge is 2.25. The minimum atomic E-state index is -0.0672. The zero-order valence-electron chi connectivity index (χ0n) is 11.4. The Balaban J connectivity index is 2.12. The molecule has 1 saturated heterocycles. The van der Waals surface area contributed by atoms with Crippen molar-refractivity contribution in [2.24, 2.45) is 0 Å². The van der Waals surface area contributed by atoms with Crippen LogP contribution in [0.5, 0.6) is 0 Å². The van der Waals surface area contributed by atoms with Crippen molar-refractivity contribution in [1.82, 2.24) is 20.0 Å². The molecule has 5 heteroatoms. The second kappa shape index (κ2) is 5.52. The highest BCUT2D eigenvalue weighted by atomic mass is 16.2. The lowest BCUT2D eigenvalue weighted by Crippen LogP contribution is -2.53. The Morgan fingerprint density at radius 2 is 2.28 bits per heavy atom. The molecule has 18 heavy (non-hydrogen) atoms. The Labute approximate surface area is 108 Å². The van der Waals surface area contributed by atoms with Gasteiger partial charge >= 0.3 is 0 Å². The summed E-state index contributed by atoms with van der Waals surface area (Å²) >= 11 is 0. The van der Waals surface area contributed by atoms with Crippen LogP contribution in [0.15, 0.2) is 6.07 Å². The smallest absolute Gasteiger partial charge is 0.239 e. The number of piperazine rings is 1. The van der Waals surface area contributed by atoms with Gasteiger partial charge in [-0.15, -0.1) is 0 Å². The van der Waals surface area contributed by atoms with Gasteiger partial charge in [0.25, 0.3) is 0 Å². The van der Waals surface area contributed by atoms with Crippen molar-refractivity contribution in [1.29, 1.82) is 0 Å². The number of aromatic nitrogens is 2. The van der Waals surface area contributed by atoms with Crippen molar-refractivity contribution in [2.45, 2.75) is 46.3 Å². The van der Waals surface area contributed by atoms with E-state index in [0.717, 1.165) is 37.4 Å². The lowest BCUT2D eigenvalue weighted by molar-refractivity contribution is -0.135. The van der Waals surface area contributed by atoms with E-state index in [1.54, 1.807) is 0 Å². The van der Waals surface area contributed by atoms with Crippen LogP contribution in [0, 0.1) is 0 Å². The summed E-state index contributed by atoms with van der Waals surface area (Å²) in [5.41, 5.74) is 2.24. The summed E-state index contributed by atoms with van der Waals surface area (Å²) in [5.74, 6) is 0.183. The van der Waals surface area contributed by atoms with Gasteiger partial charge in [-0.2, -0.15) is 5.10 Å². The lowest BCUT2D eigenvalue weighted by atomic mass is 10.2. The van der Waals surface area contributed by atoms with Crippen molar-refractivity contribution in [2.75, 3.05) is 13.1 Å². The van der Waals surface area contributed by atoms with E-state index < -0.39 is 0 Å². The minimum absolute atomic E-state index is 0.0672. The van der Waals surface area contributed by atoms with Crippen LogP contribution in [-0.4, -0.2) is 39.7 Å². The number of carbonyl (C=O) groups excluding carboxylic acids is 1. The average Bonchev–Trinajstić information content (AvgIpc) is 2.77. The van der Waals surface area contributed by atoms with Crippen LogP contribution in [0.25, 0.3) is 0 Å². The summed E-state index contributed by atoms with van der Waals surface area (Å²) < 4.78 is 2.00. The zero-order valence-corrected chi connectivity index (χ0v) is 11.4. The number of nitrogens with one attached hydrogen (secondary N) is 1. The Morgan fingerprint density at radius 1 is 1.50 bits per heavy atom. The summed E-state index contributed by atoms with van der Waals surface area (Å²) in [7, 11) is 0. The summed E-state index contributed by atoms with van der Waals surface area (Å²) in [5, 5.41) is 7.70. The minimum Gasteiger partial charge on any atom is -0.334 e. The molecule has 1 aromatic rings. The summed E-state index contributed by atoms with van der Waals surface area (Å²) in [4.78, 5) is 14.0. The van der Waals surface area contributed by atoms with Gasteiger partial charge in [-0.05, 0) is 26.3 Å². The van der Waals surface area contributed by atoms with Gasteiger partial charge in [0.1, 0.15) is 0 Å². The molecule has 1 amide bonds. The Bertz CT molecular complexity index is 427. The van der Waals surface area contributed by atoms with Gasteiger partial charge in [0.15, 0.2) is 0 Å². The highest BCUT2D eigenvalue weighted by Crippen LogP contribution is 2.11. The van der Waals surface area contributed by atoms with E-state index in [0.29, 0.717) is 6.54 Å². The molecule has 0 radical (unpaired) electrons. The van der Waals surface area contributed by atoms with Gasteiger partial charge in [0.2, 0.25) is 5.91 Å². The Hall–Kier alpha value is -1.36. The number of amides is 1. The van der Waals surface area contributed by atoms with Crippen LogP contribution in [-0.2, 0) is 24.3 Å². The van der Waals surface area contributed by atoms with Gasteiger partial charge in [-0.3, -0.25) is 9.48 Å². The molecule has 0 aromatic carbocycles. The largest absolute Gasteiger partial charge is 0.334 e. The molecule has 100 valence electrons. The molecule has 1 atom stereocenters. The van der Waals surface area contributed by atoms with Crippen LogP contribution < -0.4 is 5.32 Å². The van der Waals surface area contributed by atoms with Gasteiger partial charge in [-0.25, -0.2) is 0 Å². The topological polar surface area (TPSA) is 50.2 Å². The van der Waals surface area contributed by atoms with Crippen molar-refractivity contribution in [3.63, 3.8) is 0 Å². The second-order valence-electron chi connectivity index (χ2n) is 4.73. The first-order chi connectivity index (χ1) is 8.65. The van der Waals surface area contributed by atoms with E-state index in [1.165, 1.54) is 0 Å². The predicted octanol–water partition coefficient (Wildman–Crippen LogP) is 0.786. The van der Waals surface area contributed by atoms with Crippen molar-refractivity contribution in [3.05, 3.63) is 17.5 Å². The average molecular weight is 250 g/mol. The number of carbonyl (C=O) groups is 1. The first-order valence-corrected chi connectivity index (χ1v) is 6.73. The monoisotopic (exact) mass is 250 g/mol. The summed E-state index contributed by atoms with van der Waals surface area (Å²) in [6.45, 7) is 9.27. The highest BCUT2D eigenvalue weighted by molar-refractivity contribution is 5.82. The molecule has 0 saturated carbocycles. The Kier molecular flexibility index (Phi) is 4.01. The number of hydrogen-bond donors (Lipinski definition) is 1. The molecule has 0 spiro atoms. The SMILES string of the molecule is CCc1cc(CN2CCNC(C)C2=O)n(CC)n1. The first kappa shape index (κ1) is 13.1. The maximum atomic E-state index is 12.0. The number of rotatable bonds is 4. The van der Waals surface area contributed by atoms with Crippen LogP contribution in [0.1, 0.15) is 32.2 Å². The maximum Gasteiger partial charge on any atom is 0.239 e. The van der Waals surface area contributed by atoms with Crippen LogP contribution in [0.3, 0.4) is 0 Å². The molecule has 1 fully saturated rings. The van der Waals surface area contributed by atoms with Crippen LogP contribution in [0.2, 0.25) is 0 Å². The summed E-state index contributed by atoms with van der Waals surface area (Å²) in [6, 6.07) is 2.05. The molecule has 2 heterocycles. The molecule has 2 rings (SSSR count). The molecule has 1 aliphatic rings. The van der Waals surface area contributed by atoms with Gasteiger partial charge in [0.05, 0.1) is 24.0 Å². The van der Waals surface area contributed by atoms with E-state index in [4.69, 9.17) is 0 Å². The fourth-order valence-corrected chi connectivity index (χ4v) is 2.33. The number of hydrogen-bond acceptors (Lipinski definition) is 3. The van der Waals surface area contributed by atoms with Gasteiger partial charge < -0.3 is 10.2 Å². The molecule has 0 bridgehead atoms. The Morgan fingerprint density at radius 3 is 2.94 bits per heavy atom. The number of nitrogens with zero attached hydrogens (tertiary/aromatic N) is 3. The van der Waals surface area contributed by atoms with E-state index in [1.807, 2.05) is 16.5 Å². The fourth-order valence-electron chi connectivity index (χ4n) is 2.33. The van der Waals surface area contributed by atoms with Crippen molar-refractivity contribution >= 4 is 5.91 Å². The molecular formula is C13H22N4O. The summed E-state index contributed by atoms with van der Waals surface area (Å²) in [6.07, 6.45) is 0.936. The molecule has 1 N–H and O–H groups in total. The molecular weight excluding hydrogens is 228 g/mol. The van der Waals surface area contributed by atoms with E-state index in [-0.39, 0.29) is 11.9 Å². The van der Waals surface area contributed by atoms with Crippen molar-refractivity contribution < 1.29 is 4.79 Å². The normalized spacial score (nSPS) is 20.5. The van der Waals surface area contributed by atoms with Crippen LogP contribution >= 0.6 is 0 Å². The molecule has 0 aliphatic carbocycles. The molecule has 1 unspecified atom stereocenters. The quantitative estimate of drug-likeness (QED) is 0.859. The second-order valence-corrected chi connectivity index (χ2v) is 4.73. The standard InChI is InChI=1S/C13H22N4O/c1-4-11-8-12(17(5-2)15-11)9-16-7-6-14-10(3)13(16)18/h8,10,14H,4-7,9H2,1-3H3. The number of aryl methyl sites for hydroxylation is 2. The van der Waals surface area contributed by atoms with Gasteiger partial charge in [-0.1, -0.05) is 6.92 Å². The van der Waals surface area contributed by atoms with Gasteiger partial charge in [0, 0.05) is 19.6 Å². The first-order valence-electron chi connectivity index (χ1n) is 6.73. The molecule has 1 aliphatic heterocycles. The van der Waals surface area contributed by atoms with Crippen molar-refractivity contribution in [3.8, 4) is 0 Å². The maximum absolute atomic E-state index is 12.0. The molecule has 5 nitrogen and oxygen atoms in total. The third-order valence-electron chi connectivity index (χ3n) is 3.44. The third kappa shape index (κ3) is 2.56.